The Kier molecular flexibility index (Phi) is 3.72. The van der Waals surface area contributed by atoms with Gasteiger partial charge < -0.3 is 11.1 Å². The molecule has 5 heteroatoms. The van der Waals surface area contributed by atoms with Crippen LogP contribution in [0.5, 0.6) is 0 Å². The predicted molar refractivity (Wildman–Crippen MR) is 59.2 cm³/mol. The summed E-state index contributed by atoms with van der Waals surface area (Å²) < 4.78 is 3.94. The predicted octanol–water partition coefficient (Wildman–Crippen LogP) is 2.20. The average Bonchev–Trinajstić information content (AvgIpc) is 2.55. The summed E-state index contributed by atoms with van der Waals surface area (Å²) >= 11 is 1.25. The first-order chi connectivity index (χ1) is 6.72. The minimum absolute atomic E-state index is 0.325. The fraction of sp³-hybridized carbons (Fsp3) is 0.556. The Labute approximate surface area is 87.9 Å². The highest BCUT2D eigenvalue weighted by atomic mass is 32.1. The maximum absolute atomic E-state index is 8.84. The van der Waals surface area contributed by atoms with Gasteiger partial charge in [-0.3, -0.25) is 0 Å². The molecule has 0 radical (unpaired) electrons. The molecule has 0 aliphatic rings. The van der Waals surface area contributed by atoms with Crippen molar-refractivity contribution >= 4 is 22.4 Å². The van der Waals surface area contributed by atoms with Gasteiger partial charge in [-0.1, -0.05) is 13.8 Å². The Morgan fingerprint density at radius 2 is 2.21 bits per heavy atom. The molecule has 0 atom stereocenters. The number of anilines is 2. The van der Waals surface area contributed by atoms with Crippen LogP contribution in [0.4, 0.5) is 10.8 Å². The van der Waals surface area contributed by atoms with Crippen molar-refractivity contribution in [2.24, 2.45) is 0 Å². The first-order valence-electron chi connectivity index (χ1n) is 4.64. The van der Waals surface area contributed by atoms with E-state index in [0.717, 1.165) is 17.8 Å². The van der Waals surface area contributed by atoms with Crippen LogP contribution in [0.25, 0.3) is 0 Å². The Balaban J connectivity index is 2.81. The van der Waals surface area contributed by atoms with Crippen LogP contribution >= 0.6 is 11.5 Å². The number of nitriles is 1. The molecule has 0 bridgehead atoms. The van der Waals surface area contributed by atoms with E-state index in [1.807, 2.05) is 0 Å². The van der Waals surface area contributed by atoms with Gasteiger partial charge in [0.15, 0.2) is 5.82 Å². The maximum Gasteiger partial charge on any atom is 0.157 e. The highest BCUT2D eigenvalue weighted by molar-refractivity contribution is 7.10. The Morgan fingerprint density at radius 3 is 2.71 bits per heavy atom. The average molecular weight is 210 g/mol. The number of nitrogens with zero attached hydrogens (tertiary/aromatic N) is 2. The second-order valence-electron chi connectivity index (χ2n) is 3.04. The van der Waals surface area contributed by atoms with E-state index in [2.05, 4.69) is 29.6 Å². The standard InChI is InChI=1S/C9H14N4S/c1-3-6(4-2)12-9-7(5-10)8(11)13-14-9/h6,12H,3-4H2,1-2H3,(H2,11,13). The van der Waals surface area contributed by atoms with Crippen LogP contribution < -0.4 is 11.1 Å². The lowest BCUT2D eigenvalue weighted by molar-refractivity contribution is 0.673. The fourth-order valence-corrected chi connectivity index (χ4v) is 1.93. The minimum Gasteiger partial charge on any atom is -0.382 e. The van der Waals surface area contributed by atoms with E-state index in [-0.39, 0.29) is 0 Å². The zero-order valence-electron chi connectivity index (χ0n) is 8.37. The molecule has 1 aromatic heterocycles. The van der Waals surface area contributed by atoms with E-state index >= 15 is 0 Å². The molecule has 76 valence electrons. The Morgan fingerprint density at radius 1 is 1.57 bits per heavy atom. The van der Waals surface area contributed by atoms with E-state index in [0.29, 0.717) is 17.4 Å². The van der Waals surface area contributed by atoms with Gasteiger partial charge in [-0.15, -0.1) is 0 Å². The minimum atomic E-state index is 0.325. The third-order valence-electron chi connectivity index (χ3n) is 2.15. The van der Waals surface area contributed by atoms with E-state index in [4.69, 9.17) is 11.0 Å². The van der Waals surface area contributed by atoms with E-state index in [9.17, 15) is 0 Å². The summed E-state index contributed by atoms with van der Waals surface area (Å²) in [5.41, 5.74) is 6.02. The molecule has 0 saturated heterocycles. The van der Waals surface area contributed by atoms with Crippen LogP contribution in [0, 0.1) is 11.3 Å². The molecule has 1 rings (SSSR count). The summed E-state index contributed by atoms with van der Waals surface area (Å²) in [6.45, 7) is 4.22. The molecule has 0 spiro atoms. The first-order valence-corrected chi connectivity index (χ1v) is 5.42. The van der Waals surface area contributed by atoms with Gasteiger partial charge in [-0.25, -0.2) is 0 Å². The second kappa shape index (κ2) is 4.82. The number of nitrogens with two attached hydrogens (primary N) is 1. The highest BCUT2D eigenvalue weighted by Gasteiger charge is 2.13. The van der Waals surface area contributed by atoms with Crippen molar-refractivity contribution in [2.45, 2.75) is 32.7 Å². The van der Waals surface area contributed by atoms with Crippen molar-refractivity contribution in [1.29, 1.82) is 5.26 Å². The zero-order chi connectivity index (χ0) is 10.6. The first kappa shape index (κ1) is 10.8. The van der Waals surface area contributed by atoms with Crippen LogP contribution in [0.2, 0.25) is 0 Å². The van der Waals surface area contributed by atoms with E-state index in [1.165, 1.54) is 11.5 Å². The molecule has 0 aliphatic carbocycles. The lowest BCUT2D eigenvalue weighted by Crippen LogP contribution is -2.16. The molecular weight excluding hydrogens is 196 g/mol. The normalized spacial score (nSPS) is 10.1. The number of aromatic nitrogens is 1. The van der Waals surface area contributed by atoms with Gasteiger partial charge in [-0.2, -0.15) is 9.64 Å². The second-order valence-corrected chi connectivity index (χ2v) is 3.81. The third-order valence-corrected chi connectivity index (χ3v) is 2.94. The quantitative estimate of drug-likeness (QED) is 0.798. The molecule has 0 aromatic carbocycles. The molecule has 0 saturated carbocycles. The molecule has 3 N–H and O–H groups in total. The number of hydrogen-bond acceptors (Lipinski definition) is 5. The highest BCUT2D eigenvalue weighted by Crippen LogP contribution is 2.26. The van der Waals surface area contributed by atoms with Crippen molar-refractivity contribution < 1.29 is 0 Å². The molecule has 0 aliphatic heterocycles. The summed E-state index contributed by atoms with van der Waals surface area (Å²) in [6, 6.07) is 2.45. The number of rotatable bonds is 4. The lowest BCUT2D eigenvalue weighted by Gasteiger charge is -2.13. The van der Waals surface area contributed by atoms with Crippen molar-refractivity contribution in [3.8, 4) is 6.07 Å². The molecule has 1 aromatic rings. The number of hydrogen-bond donors (Lipinski definition) is 2. The fourth-order valence-electron chi connectivity index (χ4n) is 1.19. The molecule has 0 amide bonds. The summed E-state index contributed by atoms with van der Waals surface area (Å²) in [5.74, 6) is 0.325. The number of nitrogens with one attached hydrogen (secondary N) is 1. The molecule has 0 fully saturated rings. The topological polar surface area (TPSA) is 74.7 Å². The van der Waals surface area contributed by atoms with Crippen LogP contribution in [0.3, 0.4) is 0 Å². The summed E-state index contributed by atoms with van der Waals surface area (Å²) in [7, 11) is 0. The van der Waals surface area contributed by atoms with Crippen molar-refractivity contribution in [3.05, 3.63) is 5.56 Å². The molecule has 14 heavy (non-hydrogen) atoms. The van der Waals surface area contributed by atoms with Gasteiger partial charge in [-0.05, 0) is 24.4 Å². The molecule has 1 heterocycles. The van der Waals surface area contributed by atoms with Crippen molar-refractivity contribution in [2.75, 3.05) is 11.1 Å². The van der Waals surface area contributed by atoms with Gasteiger partial charge >= 0.3 is 0 Å². The van der Waals surface area contributed by atoms with Gasteiger partial charge in [0.05, 0.1) is 0 Å². The van der Waals surface area contributed by atoms with Crippen LogP contribution in [0.1, 0.15) is 32.3 Å². The van der Waals surface area contributed by atoms with Gasteiger partial charge in [0.1, 0.15) is 16.6 Å². The Bertz CT molecular complexity index is 335. The van der Waals surface area contributed by atoms with Crippen molar-refractivity contribution in [1.82, 2.24) is 4.37 Å². The molecule has 0 unspecified atom stereocenters. The Hall–Kier alpha value is -1.28. The smallest absolute Gasteiger partial charge is 0.157 e. The van der Waals surface area contributed by atoms with Gasteiger partial charge in [0.2, 0.25) is 0 Å². The van der Waals surface area contributed by atoms with Gasteiger partial charge in [0.25, 0.3) is 0 Å². The SMILES string of the molecule is CCC(CC)Nc1snc(N)c1C#N. The molecule has 4 nitrogen and oxygen atoms in total. The largest absolute Gasteiger partial charge is 0.382 e. The summed E-state index contributed by atoms with van der Waals surface area (Å²) in [4.78, 5) is 0. The van der Waals surface area contributed by atoms with E-state index < -0.39 is 0 Å². The summed E-state index contributed by atoms with van der Waals surface area (Å²) in [6.07, 6.45) is 2.05. The lowest BCUT2D eigenvalue weighted by atomic mass is 10.2. The third kappa shape index (κ3) is 2.15. The molecular formula is C9H14N4S. The zero-order valence-corrected chi connectivity index (χ0v) is 9.19. The monoisotopic (exact) mass is 210 g/mol. The van der Waals surface area contributed by atoms with Crippen LogP contribution in [-0.2, 0) is 0 Å². The maximum atomic E-state index is 8.84. The summed E-state index contributed by atoms with van der Waals surface area (Å²) in [5, 5.41) is 12.9. The van der Waals surface area contributed by atoms with Crippen LogP contribution in [0.15, 0.2) is 0 Å². The van der Waals surface area contributed by atoms with Crippen molar-refractivity contribution in [3.63, 3.8) is 0 Å². The number of nitrogen functional groups attached to an aromatic ring is 1. The van der Waals surface area contributed by atoms with E-state index in [1.54, 1.807) is 0 Å². The van der Waals surface area contributed by atoms with Gasteiger partial charge in [0, 0.05) is 6.04 Å². The van der Waals surface area contributed by atoms with Crippen LogP contribution in [-0.4, -0.2) is 10.4 Å².